The van der Waals surface area contributed by atoms with E-state index in [0.717, 1.165) is 38.5 Å². The molecule has 412 valence electrons. The summed E-state index contributed by atoms with van der Waals surface area (Å²) in [6.07, 6.45) is 3.79. The van der Waals surface area contributed by atoms with Crippen molar-refractivity contribution in [2.24, 2.45) is 35.5 Å². The molecule has 0 radical (unpaired) electrons. The fourth-order valence-electron chi connectivity index (χ4n) is 8.40. The molecule has 20 heteroatoms. The van der Waals surface area contributed by atoms with Gasteiger partial charge in [0.25, 0.3) is 0 Å². The number of rotatable bonds is 23. The maximum atomic E-state index is 14.2. The summed E-state index contributed by atoms with van der Waals surface area (Å²) in [4.78, 5) is 136. The maximum Gasteiger partial charge on any atom is 0.328 e. The number of hydrogen-bond acceptors (Lipinski definition) is 11. The van der Waals surface area contributed by atoms with E-state index < -0.39 is 133 Å². The summed E-state index contributed by atoms with van der Waals surface area (Å²) in [5.41, 5.74) is 0. The van der Waals surface area contributed by atoms with Crippen LogP contribution in [-0.4, -0.2) is 118 Å². The second kappa shape index (κ2) is 33.4. The monoisotopic (exact) mass is 1020 g/mol. The molecule has 1 heterocycles. The first kappa shape index (κ1) is 64.7. The van der Waals surface area contributed by atoms with Crippen molar-refractivity contribution >= 4 is 59.3 Å². The molecule has 0 saturated carbocycles. The van der Waals surface area contributed by atoms with Gasteiger partial charge in [0.1, 0.15) is 48.4 Å². The smallest absolute Gasteiger partial charge is 0.328 e. The number of cyclic esters (lactones) is 1. The number of carbonyl (C=O) groups is 10. The average molecular weight is 1020 g/mol. The van der Waals surface area contributed by atoms with Gasteiger partial charge in [-0.25, -0.2) is 4.79 Å². The van der Waals surface area contributed by atoms with E-state index in [1.807, 2.05) is 13.8 Å². The van der Waals surface area contributed by atoms with Crippen LogP contribution in [0.1, 0.15) is 186 Å². The van der Waals surface area contributed by atoms with Crippen LogP contribution in [0.15, 0.2) is 0 Å². The molecule has 8 atom stereocenters. The van der Waals surface area contributed by atoms with Crippen molar-refractivity contribution in [2.45, 2.75) is 234 Å². The number of carboxylic acid groups (broad SMARTS) is 2. The summed E-state index contributed by atoms with van der Waals surface area (Å²) >= 11 is 0. The molecule has 1 aliphatic rings. The number of amides is 7. The number of unbranched alkanes of at least 4 members (excludes halogenated alkanes) is 5. The lowest BCUT2D eigenvalue weighted by molar-refractivity contribution is -0.155. The first-order chi connectivity index (χ1) is 33.6. The molecule has 1 aliphatic heterocycles. The van der Waals surface area contributed by atoms with E-state index in [1.54, 1.807) is 55.4 Å². The van der Waals surface area contributed by atoms with Gasteiger partial charge in [-0.3, -0.25) is 43.2 Å². The van der Waals surface area contributed by atoms with Crippen molar-refractivity contribution in [1.29, 1.82) is 0 Å². The largest absolute Gasteiger partial charge is 0.481 e. The Morgan fingerprint density at radius 3 is 1.31 bits per heavy atom. The zero-order valence-electron chi connectivity index (χ0n) is 45.3. The topological polar surface area (TPSA) is 305 Å². The van der Waals surface area contributed by atoms with E-state index >= 15 is 0 Å². The Balaban J connectivity index is 3.98. The zero-order chi connectivity index (χ0) is 54.8. The number of ether oxygens (including phenoxy) is 1. The molecule has 20 nitrogen and oxygen atoms in total. The third-order valence-electron chi connectivity index (χ3n) is 12.1. The zero-order valence-corrected chi connectivity index (χ0v) is 45.3. The second-order valence-electron chi connectivity index (χ2n) is 22.1. The van der Waals surface area contributed by atoms with E-state index in [0.29, 0.717) is 12.3 Å². The highest BCUT2D eigenvalue weighted by Gasteiger charge is 2.37. The van der Waals surface area contributed by atoms with Gasteiger partial charge in [0, 0.05) is 6.42 Å². The molecule has 0 spiro atoms. The number of aliphatic carboxylic acids is 2. The molecule has 72 heavy (non-hydrogen) atoms. The molecule has 0 aromatic carbocycles. The molecule has 9 N–H and O–H groups in total. The third kappa shape index (κ3) is 26.9. The number of hydrogen-bond donors (Lipinski definition) is 9. The van der Waals surface area contributed by atoms with Crippen LogP contribution in [0.5, 0.6) is 0 Å². The highest BCUT2D eigenvalue weighted by Crippen LogP contribution is 2.19. The molecule has 1 rings (SSSR count). The van der Waals surface area contributed by atoms with Crippen LogP contribution >= 0.6 is 0 Å². The summed E-state index contributed by atoms with van der Waals surface area (Å²) in [5, 5.41) is 37.9. The van der Waals surface area contributed by atoms with Gasteiger partial charge in [-0.1, -0.05) is 122 Å². The molecular formula is C52H91N7O13. The molecule has 0 bridgehead atoms. The Kier molecular flexibility index (Phi) is 30.0. The molecule has 7 amide bonds. The summed E-state index contributed by atoms with van der Waals surface area (Å²) in [7, 11) is 0. The van der Waals surface area contributed by atoms with Gasteiger partial charge >= 0.3 is 17.9 Å². The molecule has 1 fully saturated rings. The average Bonchev–Trinajstić information content (AvgIpc) is 3.24. The lowest BCUT2D eigenvalue weighted by Gasteiger charge is -2.29. The Morgan fingerprint density at radius 1 is 0.458 bits per heavy atom. The van der Waals surface area contributed by atoms with Gasteiger partial charge in [-0.05, 0) is 80.5 Å². The summed E-state index contributed by atoms with van der Waals surface area (Å²) < 4.78 is 6.03. The molecule has 0 aromatic rings. The van der Waals surface area contributed by atoms with Gasteiger partial charge < -0.3 is 52.2 Å². The van der Waals surface area contributed by atoms with Crippen LogP contribution in [0.3, 0.4) is 0 Å². The Hall–Kier alpha value is -5.30. The van der Waals surface area contributed by atoms with Gasteiger partial charge in [0.15, 0.2) is 0 Å². The fourth-order valence-corrected chi connectivity index (χ4v) is 8.40. The molecule has 0 unspecified atom stereocenters. The van der Waals surface area contributed by atoms with Gasteiger partial charge in [0.2, 0.25) is 41.4 Å². The molecular weight excluding hydrogens is 931 g/mol. The minimum absolute atomic E-state index is 0.0390. The highest BCUT2D eigenvalue weighted by atomic mass is 16.5. The lowest BCUT2D eigenvalue weighted by Crippen LogP contribution is -2.61. The molecule has 0 aromatic heterocycles. The van der Waals surface area contributed by atoms with Crippen molar-refractivity contribution in [3.8, 4) is 0 Å². The van der Waals surface area contributed by atoms with Crippen molar-refractivity contribution < 1.29 is 62.9 Å². The van der Waals surface area contributed by atoms with Crippen LogP contribution in [0.4, 0.5) is 0 Å². The van der Waals surface area contributed by atoms with Crippen LogP contribution < -0.4 is 37.2 Å². The second-order valence-corrected chi connectivity index (χ2v) is 22.1. The van der Waals surface area contributed by atoms with Crippen LogP contribution in [0, 0.1) is 35.5 Å². The fraction of sp³-hybridized carbons (Fsp3) is 0.808. The summed E-state index contributed by atoms with van der Waals surface area (Å²) in [6.45, 7) is 22.0. The highest BCUT2D eigenvalue weighted by molar-refractivity contribution is 5.98. The number of esters is 1. The number of carboxylic acids is 2. The van der Waals surface area contributed by atoms with Crippen LogP contribution in [0.25, 0.3) is 0 Å². The van der Waals surface area contributed by atoms with Crippen LogP contribution in [-0.2, 0) is 52.7 Å². The van der Waals surface area contributed by atoms with Crippen molar-refractivity contribution in [3.05, 3.63) is 0 Å². The van der Waals surface area contributed by atoms with E-state index in [2.05, 4.69) is 51.1 Å². The van der Waals surface area contributed by atoms with Crippen molar-refractivity contribution in [1.82, 2.24) is 37.2 Å². The maximum absolute atomic E-state index is 14.2. The quantitative estimate of drug-likeness (QED) is 0.0498. The van der Waals surface area contributed by atoms with Crippen molar-refractivity contribution in [2.75, 3.05) is 0 Å². The van der Waals surface area contributed by atoms with Gasteiger partial charge in [-0.15, -0.1) is 0 Å². The van der Waals surface area contributed by atoms with E-state index in [1.165, 1.54) is 0 Å². The number of carbonyl (C=O) groups excluding carboxylic acids is 8. The van der Waals surface area contributed by atoms with E-state index in [-0.39, 0.29) is 62.2 Å². The third-order valence-corrected chi connectivity index (χ3v) is 12.1. The van der Waals surface area contributed by atoms with E-state index in [9.17, 15) is 58.2 Å². The first-order valence-electron chi connectivity index (χ1n) is 26.3. The normalized spacial score (nSPS) is 24.2. The predicted octanol–water partition coefficient (Wildman–Crippen LogP) is 4.65. The van der Waals surface area contributed by atoms with Crippen LogP contribution in [0.2, 0.25) is 0 Å². The first-order valence-corrected chi connectivity index (χ1v) is 26.3. The Bertz CT molecular complexity index is 1790. The minimum Gasteiger partial charge on any atom is -0.481 e. The number of nitrogens with one attached hydrogen (secondary N) is 7. The molecule has 0 aliphatic carbocycles. The summed E-state index contributed by atoms with van der Waals surface area (Å²) in [5.74, 6) is -10.2. The standard InChI is InChI=1S/C52H91N7O13/c1-29(2)19-17-15-13-14-16-18-20-35-27-42(60)53-36(21-22-43(61)62)46(65)54-37(23-30(3)4)47(66)56-39(25-32(7)8)50(69)59-45(34(11)12)51(70)57-40(28-44(63)64)49(68)55-38(24-31(5)6)48(67)58-41(26-33(9)10)52(71)72-35/h29-41,45H,13-28H2,1-12H3,(H,53,60)(H,54,65)(H,55,68)(H,56,66)(H,57,70)(H,58,67)(H,59,69)(H,61,62)(H,63,64)/t35-,36+,37+,38-,39-,40+,41+,45+/m0/s1. The minimum atomic E-state index is -1.72. The Labute approximate surface area is 428 Å². The van der Waals surface area contributed by atoms with Gasteiger partial charge in [0.05, 0.1) is 12.8 Å². The SMILES string of the molecule is CC(C)CCCCCCCC[C@H]1CC(=O)N[C@H](CCC(=O)O)C(=O)N[C@H](CC(C)C)C(=O)N[C@@H](CC(C)C)C(=O)N[C@H](C(C)C)C(=O)N[C@H](CC(=O)O)C(=O)N[C@@H](CC(C)C)C(=O)N[C@H](CC(C)C)C(=O)O1. The van der Waals surface area contributed by atoms with Gasteiger partial charge in [-0.2, -0.15) is 0 Å². The molecule has 1 saturated heterocycles. The summed E-state index contributed by atoms with van der Waals surface area (Å²) in [6, 6.07) is -9.64. The predicted molar refractivity (Wildman–Crippen MR) is 272 cm³/mol. The van der Waals surface area contributed by atoms with E-state index in [4.69, 9.17) is 4.74 Å². The lowest BCUT2D eigenvalue weighted by atomic mass is 9.98. The van der Waals surface area contributed by atoms with Crippen molar-refractivity contribution in [3.63, 3.8) is 0 Å². The Morgan fingerprint density at radius 2 is 0.861 bits per heavy atom.